The molecule has 0 heterocycles. The van der Waals surface area contributed by atoms with E-state index in [1.165, 1.54) is 200 Å². The fourth-order valence-corrected chi connectivity index (χ4v) is 6.70. The minimum absolute atomic E-state index is 0.373. The summed E-state index contributed by atoms with van der Waals surface area (Å²) in [5.74, 6) is -1.50. The number of hydrogen-bond acceptors (Lipinski definition) is 9. The number of rotatable bonds is 37. The van der Waals surface area contributed by atoms with Crippen LogP contribution in [0.1, 0.15) is 282 Å². The third kappa shape index (κ3) is 65.2. The van der Waals surface area contributed by atoms with E-state index in [9.17, 15) is 19.2 Å². The number of nitriles is 1. The molecule has 0 bridgehead atoms. The lowest BCUT2D eigenvalue weighted by Crippen LogP contribution is -2.42. The Hall–Kier alpha value is -3.07. The zero-order valence-corrected chi connectivity index (χ0v) is 44.9. The molecule has 0 spiro atoms. The second-order valence-corrected chi connectivity index (χ2v) is 19.8. The summed E-state index contributed by atoms with van der Waals surface area (Å²) in [6.07, 6.45) is 41.9. The molecule has 0 unspecified atom stereocenters. The largest absolute Gasteiger partial charge is 0.480 e. The summed E-state index contributed by atoms with van der Waals surface area (Å²) in [6.45, 7) is 20.2. The first-order valence-corrected chi connectivity index (χ1v) is 26.6. The molecule has 2 atom stereocenters. The number of carbonyl (C=O) groups excluding carboxylic acids is 3. The molecule has 0 radical (unpaired) electrons. The summed E-state index contributed by atoms with van der Waals surface area (Å²) in [5, 5.41) is 29.1. The fourth-order valence-electron chi connectivity index (χ4n) is 6.70. The number of nitrogens with zero attached hydrogens (tertiary/aromatic N) is 1. The van der Waals surface area contributed by atoms with E-state index >= 15 is 0 Å². The predicted molar refractivity (Wildman–Crippen MR) is 274 cm³/mol. The normalized spacial score (nSPS) is 11.7. The molecule has 0 aromatic rings. The lowest BCUT2D eigenvalue weighted by Gasteiger charge is -2.21. The van der Waals surface area contributed by atoms with Crippen LogP contribution in [0.5, 0.6) is 0 Å². The van der Waals surface area contributed by atoms with Gasteiger partial charge >= 0.3 is 24.1 Å². The molecule has 2 amide bonds. The molecule has 0 aromatic carbocycles. The summed E-state index contributed by atoms with van der Waals surface area (Å²) in [6, 6.07) is 0.116. The van der Waals surface area contributed by atoms with Crippen molar-refractivity contribution >= 4 is 24.1 Å². The minimum Gasteiger partial charge on any atom is -0.480 e. The molecule has 0 aliphatic carbocycles. The lowest BCUT2D eigenvalue weighted by molar-refractivity contribution is -0.145. The summed E-state index contributed by atoms with van der Waals surface area (Å²) >= 11 is 0. The van der Waals surface area contributed by atoms with E-state index in [0.29, 0.717) is 13.2 Å². The van der Waals surface area contributed by atoms with Crippen LogP contribution in [-0.4, -0.2) is 70.8 Å². The van der Waals surface area contributed by atoms with Gasteiger partial charge in [0, 0.05) is 13.5 Å². The van der Waals surface area contributed by atoms with Crippen LogP contribution in [0.25, 0.3) is 0 Å². The van der Waals surface area contributed by atoms with Gasteiger partial charge in [-0.25, -0.2) is 14.4 Å². The van der Waals surface area contributed by atoms with Gasteiger partial charge < -0.3 is 35.1 Å². The first-order chi connectivity index (χ1) is 31.3. The maximum Gasteiger partial charge on any atom is 0.408 e. The summed E-state index contributed by atoms with van der Waals surface area (Å²) in [5.41, 5.74) is -1.19. The van der Waals surface area contributed by atoms with Gasteiger partial charge in [0.25, 0.3) is 0 Å². The molecule has 12 nitrogen and oxygen atoms in total. The molecule has 66 heavy (non-hydrogen) atoms. The Balaban J connectivity index is -0.000000464. The first kappa shape index (κ1) is 69.5. The second-order valence-electron chi connectivity index (χ2n) is 19.8. The van der Waals surface area contributed by atoms with Crippen molar-refractivity contribution in [1.82, 2.24) is 10.6 Å². The maximum absolute atomic E-state index is 11.9. The molecule has 0 saturated heterocycles. The van der Waals surface area contributed by atoms with Gasteiger partial charge in [0.15, 0.2) is 0 Å². The number of carboxylic acid groups (broad SMARTS) is 1. The van der Waals surface area contributed by atoms with E-state index in [0.717, 1.165) is 19.3 Å². The van der Waals surface area contributed by atoms with E-state index < -0.39 is 47.4 Å². The second kappa shape index (κ2) is 51.3. The standard InChI is InChI=1S/C26H51NO4.C18H38O.C8H15NO4.C2H3N/c1-6-7-8-9-10-11-12-13-14-15-16-17-18-19-20-21-22-30-24(28)23(2)27-25(29)31-26(3,4)5;1-2-3-4-5-6-7-8-9-10-11-12-13-14-15-16-17-18-19;1-5(6(10)11)9-7(12)13-8(2,3)4;1-2-3/h23H,6-22H2,1-5H3,(H,27,29);19H,2-18H2,1H3;5H,1-4H3,(H,9,12)(H,10,11);1H3/t23-;;5-;/m0.0./s1. The smallest absolute Gasteiger partial charge is 0.408 e. The van der Waals surface area contributed by atoms with Crippen LogP contribution in [0.2, 0.25) is 0 Å². The zero-order valence-electron chi connectivity index (χ0n) is 44.9. The number of alkyl carbamates (subject to hydrolysis) is 2. The van der Waals surface area contributed by atoms with Crippen molar-refractivity contribution in [2.75, 3.05) is 13.2 Å². The van der Waals surface area contributed by atoms with Crippen molar-refractivity contribution < 1.29 is 43.6 Å². The predicted octanol–water partition coefficient (Wildman–Crippen LogP) is 15.5. The molecule has 0 aromatic heterocycles. The molecular formula is C54H107N3O9. The average Bonchev–Trinajstić information content (AvgIpc) is 3.22. The number of aliphatic hydroxyl groups excluding tert-OH is 1. The van der Waals surface area contributed by atoms with E-state index in [1.807, 2.05) is 0 Å². The molecule has 4 N–H and O–H groups in total. The van der Waals surface area contributed by atoms with Crippen LogP contribution < -0.4 is 10.6 Å². The first-order valence-electron chi connectivity index (χ1n) is 26.6. The van der Waals surface area contributed by atoms with Crippen molar-refractivity contribution in [3.8, 4) is 6.07 Å². The summed E-state index contributed by atoms with van der Waals surface area (Å²) in [7, 11) is 0. The number of carboxylic acids is 1. The topological polar surface area (TPSA) is 184 Å². The molecule has 12 heteroatoms. The monoisotopic (exact) mass is 942 g/mol. The molecule has 0 aliphatic heterocycles. The number of nitrogens with one attached hydrogen (secondary N) is 2. The van der Waals surface area contributed by atoms with Crippen LogP contribution in [0.3, 0.4) is 0 Å². The van der Waals surface area contributed by atoms with Gasteiger partial charge in [-0.3, -0.25) is 4.79 Å². The average molecular weight is 942 g/mol. The van der Waals surface area contributed by atoms with Crippen LogP contribution in [0, 0.1) is 11.3 Å². The van der Waals surface area contributed by atoms with Gasteiger partial charge in [-0.15, -0.1) is 0 Å². The Morgan fingerprint density at radius 1 is 0.485 bits per heavy atom. The Kier molecular flexibility index (Phi) is 54.0. The maximum atomic E-state index is 11.9. The number of aliphatic carboxylic acids is 1. The van der Waals surface area contributed by atoms with Gasteiger partial charge in [0.2, 0.25) is 0 Å². The number of hydrogen-bond donors (Lipinski definition) is 4. The van der Waals surface area contributed by atoms with Crippen molar-refractivity contribution in [3.63, 3.8) is 0 Å². The Bertz CT molecular complexity index is 1120. The number of ether oxygens (including phenoxy) is 3. The van der Waals surface area contributed by atoms with E-state index in [-0.39, 0.29) is 0 Å². The molecule has 0 saturated carbocycles. The molecular weight excluding hydrogens is 835 g/mol. The number of aliphatic hydroxyl groups is 1. The minimum atomic E-state index is -1.09. The molecule has 0 aliphatic rings. The van der Waals surface area contributed by atoms with Crippen LogP contribution in [-0.2, 0) is 23.8 Å². The van der Waals surface area contributed by atoms with Crippen molar-refractivity contribution in [2.24, 2.45) is 0 Å². The SMILES string of the molecule is CC#N.CCCCCCCCCCCCCCCCCCO.CCCCCCCCCCCCCCCCCCOC(=O)[C@H](C)NC(=O)OC(C)(C)C.C[C@H](NC(=O)OC(C)(C)C)C(=O)O. The Labute approximate surface area is 406 Å². The van der Waals surface area contributed by atoms with Gasteiger partial charge in [-0.1, -0.05) is 206 Å². The lowest BCUT2D eigenvalue weighted by atomic mass is 10.0. The number of esters is 1. The van der Waals surface area contributed by atoms with Crippen molar-refractivity contribution in [1.29, 1.82) is 5.26 Å². The third-order valence-electron chi connectivity index (χ3n) is 10.4. The molecule has 0 fully saturated rings. The molecule has 392 valence electrons. The Morgan fingerprint density at radius 2 is 0.727 bits per heavy atom. The van der Waals surface area contributed by atoms with Gasteiger partial charge in [0.05, 0.1) is 12.7 Å². The highest BCUT2D eigenvalue weighted by Crippen LogP contribution is 2.16. The quantitative estimate of drug-likeness (QED) is 0.0265. The van der Waals surface area contributed by atoms with Gasteiger partial charge in [-0.2, -0.15) is 5.26 Å². The van der Waals surface area contributed by atoms with Gasteiger partial charge in [0.1, 0.15) is 23.3 Å². The Morgan fingerprint density at radius 3 is 0.970 bits per heavy atom. The highest BCUT2D eigenvalue weighted by atomic mass is 16.6. The molecule has 0 rings (SSSR count). The van der Waals surface area contributed by atoms with E-state index in [1.54, 1.807) is 54.5 Å². The highest BCUT2D eigenvalue weighted by molar-refractivity contribution is 5.81. The van der Waals surface area contributed by atoms with Gasteiger partial charge in [-0.05, 0) is 68.2 Å². The van der Waals surface area contributed by atoms with Crippen LogP contribution in [0.15, 0.2) is 0 Å². The number of unbranched alkanes of at least 4 members (excludes halogenated alkanes) is 30. The number of amides is 2. The van der Waals surface area contributed by atoms with Crippen molar-refractivity contribution in [3.05, 3.63) is 0 Å². The van der Waals surface area contributed by atoms with Crippen LogP contribution in [0.4, 0.5) is 9.59 Å². The highest BCUT2D eigenvalue weighted by Gasteiger charge is 2.22. The fraction of sp³-hybridized carbons (Fsp3) is 0.907. The van der Waals surface area contributed by atoms with Crippen molar-refractivity contribution in [2.45, 2.75) is 305 Å². The number of carbonyl (C=O) groups is 4. The van der Waals surface area contributed by atoms with E-state index in [4.69, 9.17) is 29.7 Å². The third-order valence-corrected chi connectivity index (χ3v) is 10.4. The summed E-state index contributed by atoms with van der Waals surface area (Å²) in [4.78, 5) is 44.9. The summed E-state index contributed by atoms with van der Waals surface area (Å²) < 4.78 is 15.2. The van der Waals surface area contributed by atoms with E-state index in [2.05, 4.69) is 24.5 Å². The van der Waals surface area contributed by atoms with Crippen LogP contribution >= 0.6 is 0 Å². The zero-order chi connectivity index (χ0) is 50.7.